The van der Waals surface area contributed by atoms with E-state index in [2.05, 4.69) is 4.98 Å². The van der Waals surface area contributed by atoms with Gasteiger partial charge in [-0.25, -0.2) is 0 Å². The number of fused-ring (bicyclic) bond motifs is 1. The Morgan fingerprint density at radius 2 is 2.03 bits per heavy atom. The highest BCUT2D eigenvalue weighted by Gasteiger charge is 2.34. The van der Waals surface area contributed by atoms with Crippen molar-refractivity contribution < 1.29 is 27.6 Å². The SMILES string of the molecule is CCC(=O)OC1CCN(c2nc(=O)c3cc(C(F)(F)F)cc([N+](=O)[O-])c3s2)CC1. The highest BCUT2D eigenvalue weighted by molar-refractivity contribution is 7.22. The first kappa shape index (κ1) is 21.0. The van der Waals surface area contributed by atoms with Crippen molar-refractivity contribution in [2.45, 2.75) is 38.5 Å². The van der Waals surface area contributed by atoms with Gasteiger partial charge < -0.3 is 9.64 Å². The number of anilines is 1. The summed E-state index contributed by atoms with van der Waals surface area (Å²) in [6, 6.07) is 1.02. The average Bonchev–Trinajstić information content (AvgIpc) is 2.66. The molecule has 0 aliphatic carbocycles. The van der Waals surface area contributed by atoms with Crippen LogP contribution in [0, 0.1) is 10.1 Å². The molecule has 1 saturated heterocycles. The topological polar surface area (TPSA) is 103 Å². The van der Waals surface area contributed by atoms with Crippen LogP contribution in [0.1, 0.15) is 31.7 Å². The van der Waals surface area contributed by atoms with Crippen molar-refractivity contribution in [1.82, 2.24) is 4.98 Å². The quantitative estimate of drug-likeness (QED) is 0.415. The second kappa shape index (κ2) is 7.93. The Labute approximate surface area is 166 Å². The van der Waals surface area contributed by atoms with Gasteiger partial charge in [-0.1, -0.05) is 18.3 Å². The van der Waals surface area contributed by atoms with Crippen molar-refractivity contribution in [3.05, 3.63) is 38.2 Å². The van der Waals surface area contributed by atoms with Gasteiger partial charge in [-0.3, -0.25) is 19.7 Å². The highest BCUT2D eigenvalue weighted by atomic mass is 32.1. The van der Waals surface area contributed by atoms with Gasteiger partial charge in [-0.2, -0.15) is 18.2 Å². The van der Waals surface area contributed by atoms with Crippen LogP contribution in [0.3, 0.4) is 0 Å². The van der Waals surface area contributed by atoms with Crippen molar-refractivity contribution in [2.24, 2.45) is 0 Å². The number of nitrogens with zero attached hydrogens (tertiary/aromatic N) is 3. The summed E-state index contributed by atoms with van der Waals surface area (Å²) in [5.74, 6) is -0.312. The maximum atomic E-state index is 13.0. The summed E-state index contributed by atoms with van der Waals surface area (Å²) < 4.78 is 44.2. The van der Waals surface area contributed by atoms with Crippen molar-refractivity contribution in [3.8, 4) is 0 Å². The van der Waals surface area contributed by atoms with Gasteiger partial charge in [0.2, 0.25) is 0 Å². The summed E-state index contributed by atoms with van der Waals surface area (Å²) >= 11 is 0.800. The Hall–Kier alpha value is -2.76. The molecule has 0 radical (unpaired) electrons. The number of aromatic nitrogens is 1. The lowest BCUT2D eigenvalue weighted by Crippen LogP contribution is -2.38. The van der Waals surface area contributed by atoms with Gasteiger partial charge in [0.1, 0.15) is 10.8 Å². The third-order valence-corrected chi connectivity index (χ3v) is 5.68. The number of piperidine rings is 1. The number of nitro benzene ring substituents is 1. The molecule has 1 aromatic carbocycles. The molecule has 2 aromatic rings. The Kier molecular flexibility index (Phi) is 5.73. The van der Waals surface area contributed by atoms with Crippen LogP contribution in [0.2, 0.25) is 0 Å². The molecule has 0 N–H and O–H groups in total. The number of halogens is 3. The molecule has 0 amide bonds. The van der Waals surface area contributed by atoms with Gasteiger partial charge >= 0.3 is 12.1 Å². The van der Waals surface area contributed by atoms with Gasteiger partial charge in [0.05, 0.1) is 15.9 Å². The molecule has 0 unspecified atom stereocenters. The minimum Gasteiger partial charge on any atom is -0.462 e. The number of esters is 1. The standard InChI is InChI=1S/C17H16F3N3O5S/c1-2-13(24)28-10-3-5-22(6-4-10)16-21-15(25)11-7-9(17(18,19)20)8-12(23(26)27)14(11)29-16/h7-8,10H,2-6H2,1H3. The third kappa shape index (κ3) is 4.47. The molecule has 1 aliphatic rings. The fraction of sp³-hybridized carbons (Fsp3) is 0.471. The number of non-ortho nitro benzene ring substituents is 1. The van der Waals surface area contributed by atoms with E-state index in [-0.39, 0.29) is 28.3 Å². The number of ether oxygens (including phenoxy) is 1. The van der Waals surface area contributed by atoms with E-state index in [9.17, 15) is 32.9 Å². The fourth-order valence-electron chi connectivity index (χ4n) is 3.01. The lowest BCUT2D eigenvalue weighted by molar-refractivity contribution is -0.383. The molecule has 12 heteroatoms. The first-order chi connectivity index (χ1) is 13.6. The summed E-state index contributed by atoms with van der Waals surface area (Å²) in [7, 11) is 0. The van der Waals surface area contributed by atoms with Crippen LogP contribution in [0.4, 0.5) is 24.0 Å². The Balaban J connectivity index is 1.96. The molecule has 0 bridgehead atoms. The number of carbonyl (C=O) groups excluding carboxylic acids is 1. The van der Waals surface area contributed by atoms with E-state index in [0.717, 1.165) is 11.3 Å². The molecule has 29 heavy (non-hydrogen) atoms. The van der Waals surface area contributed by atoms with Crippen LogP contribution in [0.5, 0.6) is 0 Å². The van der Waals surface area contributed by atoms with Gasteiger partial charge in [0.15, 0.2) is 5.13 Å². The van der Waals surface area contributed by atoms with Crippen molar-refractivity contribution in [2.75, 3.05) is 18.0 Å². The zero-order valence-corrected chi connectivity index (χ0v) is 16.0. The Morgan fingerprint density at radius 1 is 1.38 bits per heavy atom. The molecule has 0 spiro atoms. The number of nitro groups is 1. The smallest absolute Gasteiger partial charge is 0.416 e. The van der Waals surface area contributed by atoms with E-state index in [1.165, 1.54) is 0 Å². The monoisotopic (exact) mass is 431 g/mol. The summed E-state index contributed by atoms with van der Waals surface area (Å²) in [6.07, 6.45) is -3.85. The molecule has 0 saturated carbocycles. The number of carbonyl (C=O) groups is 1. The van der Waals surface area contributed by atoms with Gasteiger partial charge in [0.25, 0.3) is 11.2 Å². The molecule has 1 fully saturated rings. The Bertz CT molecular complexity index is 1020. The molecule has 156 valence electrons. The number of hydrogen-bond donors (Lipinski definition) is 0. The summed E-state index contributed by atoms with van der Waals surface area (Å²) in [5.41, 5.74) is -3.01. The molecular weight excluding hydrogens is 415 g/mol. The van der Waals surface area contributed by atoms with Crippen LogP contribution in [-0.4, -0.2) is 35.1 Å². The van der Waals surface area contributed by atoms with Crippen molar-refractivity contribution in [1.29, 1.82) is 0 Å². The average molecular weight is 431 g/mol. The number of benzene rings is 1. The van der Waals surface area contributed by atoms with Crippen molar-refractivity contribution in [3.63, 3.8) is 0 Å². The second-order valence-corrected chi connectivity index (χ2v) is 7.44. The largest absolute Gasteiger partial charge is 0.462 e. The zero-order chi connectivity index (χ0) is 21.3. The maximum absolute atomic E-state index is 13.0. The highest BCUT2D eigenvalue weighted by Crippen LogP contribution is 2.38. The summed E-state index contributed by atoms with van der Waals surface area (Å²) in [4.78, 5) is 39.7. The van der Waals surface area contributed by atoms with E-state index in [1.54, 1.807) is 11.8 Å². The van der Waals surface area contributed by atoms with Crippen LogP contribution in [0.15, 0.2) is 16.9 Å². The zero-order valence-electron chi connectivity index (χ0n) is 15.2. The van der Waals surface area contributed by atoms with E-state index < -0.39 is 33.3 Å². The van der Waals surface area contributed by atoms with E-state index in [1.807, 2.05) is 0 Å². The molecule has 8 nitrogen and oxygen atoms in total. The minimum absolute atomic E-state index is 0.155. The third-order valence-electron chi connectivity index (χ3n) is 4.51. The van der Waals surface area contributed by atoms with Gasteiger partial charge in [0, 0.05) is 38.4 Å². The molecule has 1 aromatic heterocycles. The van der Waals surface area contributed by atoms with Gasteiger partial charge in [-0.05, 0) is 6.07 Å². The minimum atomic E-state index is -4.83. The number of alkyl halides is 3. The van der Waals surface area contributed by atoms with Crippen molar-refractivity contribution >= 4 is 38.2 Å². The molecule has 3 rings (SSSR count). The van der Waals surface area contributed by atoms with Crippen LogP contribution in [0.25, 0.3) is 10.1 Å². The predicted molar refractivity (Wildman–Crippen MR) is 99.2 cm³/mol. The maximum Gasteiger partial charge on any atom is 0.416 e. The first-order valence-electron chi connectivity index (χ1n) is 8.75. The fourth-order valence-corrected chi connectivity index (χ4v) is 4.13. The Morgan fingerprint density at radius 3 is 2.59 bits per heavy atom. The lowest BCUT2D eigenvalue weighted by Gasteiger charge is -2.31. The summed E-state index contributed by atoms with van der Waals surface area (Å²) in [6.45, 7) is 2.47. The number of hydrogen-bond acceptors (Lipinski definition) is 8. The van der Waals surface area contributed by atoms with Crippen LogP contribution < -0.4 is 10.5 Å². The molecular formula is C17H16F3N3O5S. The first-order valence-corrected chi connectivity index (χ1v) is 9.56. The number of rotatable bonds is 4. The molecule has 1 aliphatic heterocycles. The van der Waals surface area contributed by atoms with E-state index in [4.69, 9.17) is 4.74 Å². The molecule has 0 atom stereocenters. The predicted octanol–water partition coefficient (Wildman–Crippen LogP) is 3.51. The van der Waals surface area contributed by atoms with Crippen LogP contribution >= 0.6 is 11.3 Å². The second-order valence-electron chi connectivity index (χ2n) is 6.46. The van der Waals surface area contributed by atoms with Crippen LogP contribution in [-0.2, 0) is 15.7 Å². The normalized spacial score (nSPS) is 15.5. The van der Waals surface area contributed by atoms with E-state index in [0.29, 0.717) is 38.1 Å². The van der Waals surface area contributed by atoms with Gasteiger partial charge in [-0.15, -0.1) is 0 Å². The molecule has 2 heterocycles. The van der Waals surface area contributed by atoms with E-state index >= 15 is 0 Å². The lowest BCUT2D eigenvalue weighted by atomic mass is 10.1. The summed E-state index contributed by atoms with van der Waals surface area (Å²) in [5, 5.41) is 11.1.